The van der Waals surface area contributed by atoms with E-state index in [9.17, 15) is 4.79 Å². The van der Waals surface area contributed by atoms with Crippen molar-refractivity contribution in [3.8, 4) is 0 Å². The van der Waals surface area contributed by atoms with E-state index in [0.717, 1.165) is 19.3 Å². The molecule has 88 valence electrons. The molecule has 0 spiro atoms. The second-order valence-electron chi connectivity index (χ2n) is 4.67. The van der Waals surface area contributed by atoms with Crippen LogP contribution >= 0.6 is 0 Å². The number of carbonyl (C=O) groups is 1. The van der Waals surface area contributed by atoms with E-state index >= 15 is 0 Å². The van der Waals surface area contributed by atoms with Crippen LogP contribution in [-0.4, -0.2) is 24.7 Å². The molecule has 0 aromatic carbocycles. The van der Waals surface area contributed by atoms with Crippen LogP contribution in [0, 0.1) is 5.92 Å². The van der Waals surface area contributed by atoms with Crippen molar-refractivity contribution < 1.29 is 4.79 Å². The minimum Gasteiger partial charge on any atom is -0.335 e. The summed E-state index contributed by atoms with van der Waals surface area (Å²) < 4.78 is 0. The molecule has 0 saturated heterocycles. The van der Waals surface area contributed by atoms with Crippen LogP contribution in [-0.2, 0) is 0 Å². The Morgan fingerprint density at radius 1 is 1.47 bits per heavy atom. The average molecular weight is 213 g/mol. The van der Waals surface area contributed by atoms with Gasteiger partial charge in [-0.05, 0) is 38.1 Å². The maximum atomic E-state index is 11.6. The molecule has 1 aliphatic rings. The molecule has 0 aromatic rings. The van der Waals surface area contributed by atoms with Crippen molar-refractivity contribution in [2.24, 2.45) is 11.7 Å². The number of hydrogen-bond donors (Lipinski definition) is 3. The summed E-state index contributed by atoms with van der Waals surface area (Å²) in [6.07, 6.45) is 4.32. The fourth-order valence-electron chi connectivity index (χ4n) is 1.70. The van der Waals surface area contributed by atoms with Crippen molar-refractivity contribution in [1.82, 2.24) is 10.6 Å². The van der Waals surface area contributed by atoms with Crippen LogP contribution in [0.1, 0.15) is 39.5 Å². The summed E-state index contributed by atoms with van der Waals surface area (Å²) >= 11 is 0. The van der Waals surface area contributed by atoms with Gasteiger partial charge >= 0.3 is 6.03 Å². The quantitative estimate of drug-likeness (QED) is 0.642. The molecular formula is C11H23N3O. The molecule has 15 heavy (non-hydrogen) atoms. The highest BCUT2D eigenvalue weighted by Crippen LogP contribution is 2.17. The van der Waals surface area contributed by atoms with Crippen molar-refractivity contribution in [2.75, 3.05) is 6.54 Å². The summed E-state index contributed by atoms with van der Waals surface area (Å²) in [5.74, 6) is 0.431. The number of amides is 2. The molecule has 1 aliphatic carbocycles. The molecule has 0 aliphatic heterocycles. The standard InChI is InChI=1S/C11H23N3O/c1-8(2)10(6-7-12)14-11(15)13-9-4-3-5-9/h8-10H,3-7,12H2,1-2H3,(H2,13,14,15). The summed E-state index contributed by atoms with van der Waals surface area (Å²) in [6, 6.07) is 0.553. The van der Waals surface area contributed by atoms with Gasteiger partial charge in [-0.1, -0.05) is 13.8 Å². The van der Waals surface area contributed by atoms with Crippen LogP contribution in [0.3, 0.4) is 0 Å². The van der Waals surface area contributed by atoms with E-state index in [4.69, 9.17) is 5.73 Å². The van der Waals surface area contributed by atoms with Gasteiger partial charge in [0.15, 0.2) is 0 Å². The summed E-state index contributed by atoms with van der Waals surface area (Å²) in [6.45, 7) is 4.82. The largest absolute Gasteiger partial charge is 0.335 e. The smallest absolute Gasteiger partial charge is 0.315 e. The Hall–Kier alpha value is -0.770. The lowest BCUT2D eigenvalue weighted by Gasteiger charge is -2.28. The molecule has 0 aromatic heterocycles. The normalized spacial score (nSPS) is 18.4. The predicted octanol–water partition coefficient (Wildman–Crippen LogP) is 1.21. The van der Waals surface area contributed by atoms with Gasteiger partial charge < -0.3 is 16.4 Å². The van der Waals surface area contributed by atoms with Crippen molar-refractivity contribution >= 4 is 6.03 Å². The second kappa shape index (κ2) is 5.95. The molecule has 4 heteroatoms. The van der Waals surface area contributed by atoms with Crippen molar-refractivity contribution in [2.45, 2.75) is 51.6 Å². The summed E-state index contributed by atoms with van der Waals surface area (Å²) in [5, 5.41) is 5.96. The maximum absolute atomic E-state index is 11.6. The highest BCUT2D eigenvalue weighted by atomic mass is 16.2. The van der Waals surface area contributed by atoms with E-state index in [1.807, 2.05) is 0 Å². The van der Waals surface area contributed by atoms with Gasteiger partial charge in [0.05, 0.1) is 0 Å². The Balaban J connectivity index is 2.25. The zero-order valence-corrected chi connectivity index (χ0v) is 9.75. The van der Waals surface area contributed by atoms with Crippen molar-refractivity contribution in [1.29, 1.82) is 0 Å². The molecule has 4 nitrogen and oxygen atoms in total. The van der Waals surface area contributed by atoms with Gasteiger partial charge in [-0.3, -0.25) is 0 Å². The third kappa shape index (κ3) is 4.08. The number of hydrogen-bond acceptors (Lipinski definition) is 2. The van der Waals surface area contributed by atoms with E-state index < -0.39 is 0 Å². The SMILES string of the molecule is CC(C)C(CCN)NC(=O)NC1CCC1. The Kier molecular flexibility index (Phi) is 4.88. The average Bonchev–Trinajstić information content (AvgIpc) is 2.10. The Bertz CT molecular complexity index is 202. The van der Waals surface area contributed by atoms with Crippen molar-refractivity contribution in [3.05, 3.63) is 0 Å². The Morgan fingerprint density at radius 3 is 2.53 bits per heavy atom. The van der Waals surface area contributed by atoms with E-state index in [1.54, 1.807) is 0 Å². The molecular weight excluding hydrogens is 190 g/mol. The first kappa shape index (κ1) is 12.3. The third-order valence-corrected chi connectivity index (χ3v) is 3.04. The lowest BCUT2D eigenvalue weighted by molar-refractivity contribution is 0.220. The van der Waals surface area contributed by atoms with Gasteiger partial charge in [-0.15, -0.1) is 0 Å². The highest BCUT2D eigenvalue weighted by molar-refractivity contribution is 5.74. The Labute approximate surface area is 92.0 Å². The lowest BCUT2D eigenvalue weighted by atomic mass is 9.93. The minimum absolute atomic E-state index is 0.0353. The molecule has 1 fully saturated rings. The van der Waals surface area contributed by atoms with Crippen molar-refractivity contribution in [3.63, 3.8) is 0 Å². The van der Waals surface area contributed by atoms with Crippen LogP contribution < -0.4 is 16.4 Å². The van der Waals surface area contributed by atoms with Crippen LogP contribution in [0.4, 0.5) is 4.79 Å². The monoisotopic (exact) mass is 213 g/mol. The molecule has 0 heterocycles. The molecule has 1 rings (SSSR count). The molecule has 1 saturated carbocycles. The molecule has 1 unspecified atom stereocenters. The molecule has 0 bridgehead atoms. The molecule has 4 N–H and O–H groups in total. The summed E-state index contributed by atoms with van der Waals surface area (Å²) in [4.78, 5) is 11.6. The number of nitrogens with one attached hydrogen (secondary N) is 2. The second-order valence-corrected chi connectivity index (χ2v) is 4.67. The number of carbonyl (C=O) groups excluding carboxylic acids is 1. The van der Waals surface area contributed by atoms with Gasteiger partial charge in [0.25, 0.3) is 0 Å². The zero-order chi connectivity index (χ0) is 11.3. The van der Waals surface area contributed by atoms with Crippen LogP contribution in [0.5, 0.6) is 0 Å². The molecule has 2 amide bonds. The summed E-state index contributed by atoms with van der Waals surface area (Å²) in [7, 11) is 0. The van der Waals surface area contributed by atoms with Gasteiger partial charge in [-0.2, -0.15) is 0 Å². The van der Waals surface area contributed by atoms with E-state index in [-0.39, 0.29) is 12.1 Å². The number of nitrogens with two attached hydrogens (primary N) is 1. The fraction of sp³-hybridized carbons (Fsp3) is 0.909. The van der Waals surface area contributed by atoms with Crippen LogP contribution in [0.15, 0.2) is 0 Å². The lowest BCUT2D eigenvalue weighted by Crippen LogP contribution is -2.50. The first-order chi connectivity index (χ1) is 7.13. The number of rotatable bonds is 5. The van der Waals surface area contributed by atoms with Gasteiger partial charge in [0.1, 0.15) is 0 Å². The Morgan fingerprint density at radius 2 is 2.13 bits per heavy atom. The first-order valence-electron chi connectivity index (χ1n) is 5.90. The molecule has 1 atom stereocenters. The third-order valence-electron chi connectivity index (χ3n) is 3.04. The minimum atomic E-state index is -0.0353. The maximum Gasteiger partial charge on any atom is 0.315 e. The van der Waals surface area contributed by atoms with Crippen LogP contribution in [0.25, 0.3) is 0 Å². The summed E-state index contributed by atoms with van der Waals surface area (Å²) in [5.41, 5.74) is 5.51. The zero-order valence-electron chi connectivity index (χ0n) is 9.75. The highest BCUT2D eigenvalue weighted by Gasteiger charge is 2.21. The number of urea groups is 1. The van der Waals surface area contributed by atoms with E-state index in [0.29, 0.717) is 18.5 Å². The topological polar surface area (TPSA) is 67.1 Å². The van der Waals surface area contributed by atoms with Gasteiger partial charge in [0, 0.05) is 12.1 Å². The molecule has 0 radical (unpaired) electrons. The van der Waals surface area contributed by atoms with E-state index in [2.05, 4.69) is 24.5 Å². The van der Waals surface area contributed by atoms with Gasteiger partial charge in [-0.25, -0.2) is 4.79 Å². The first-order valence-corrected chi connectivity index (χ1v) is 5.90. The van der Waals surface area contributed by atoms with E-state index in [1.165, 1.54) is 6.42 Å². The predicted molar refractivity (Wildman–Crippen MR) is 61.6 cm³/mol. The fourth-order valence-corrected chi connectivity index (χ4v) is 1.70. The van der Waals surface area contributed by atoms with Gasteiger partial charge in [0.2, 0.25) is 0 Å². The van der Waals surface area contributed by atoms with Crippen LogP contribution in [0.2, 0.25) is 0 Å².